The van der Waals surface area contributed by atoms with Crippen molar-refractivity contribution in [3.05, 3.63) is 88.2 Å². The number of anilines is 1. The van der Waals surface area contributed by atoms with E-state index in [1.165, 1.54) is 16.8 Å². The Morgan fingerprint density at radius 3 is 2.45 bits per heavy atom. The van der Waals surface area contributed by atoms with Crippen molar-refractivity contribution in [1.82, 2.24) is 9.88 Å². The fraction of sp³-hybridized carbons (Fsp3) is 0.346. The van der Waals surface area contributed by atoms with Crippen LogP contribution in [0.25, 0.3) is 0 Å². The normalized spacial score (nSPS) is 11.0. The highest BCUT2D eigenvalue weighted by Crippen LogP contribution is 2.24. The minimum Gasteiger partial charge on any atom is -0.478 e. The van der Waals surface area contributed by atoms with Crippen molar-refractivity contribution in [1.29, 1.82) is 0 Å². The molecule has 0 spiro atoms. The number of hydrogen-bond acceptors (Lipinski definition) is 3. The van der Waals surface area contributed by atoms with E-state index in [1.807, 2.05) is 38.1 Å². The van der Waals surface area contributed by atoms with Crippen molar-refractivity contribution in [3.63, 3.8) is 0 Å². The molecule has 0 saturated carbocycles. The summed E-state index contributed by atoms with van der Waals surface area (Å²) in [5.74, 6) is -0.857. The summed E-state index contributed by atoms with van der Waals surface area (Å²) in [4.78, 5) is 14.2. The smallest absolute Gasteiger partial charge is 0.337 e. The van der Waals surface area contributed by atoms with Gasteiger partial charge in [-0.3, -0.25) is 0 Å². The van der Waals surface area contributed by atoms with Gasteiger partial charge in [-0.2, -0.15) is 0 Å². The zero-order valence-electron chi connectivity index (χ0n) is 19.0. The standard InChI is InChI=1S/C26H33N3O2/c1-19-10-8-11-22(16-19)18-29-20(2)24(25(21(29)3)26(30)31)17-27-14-9-15-28(4)23-12-6-5-7-13-23/h5-8,10-13,16,27H,9,14-15,17-18H2,1-4H3,(H,30,31). The van der Waals surface area contributed by atoms with Gasteiger partial charge in [0.05, 0.1) is 5.56 Å². The van der Waals surface area contributed by atoms with Crippen LogP contribution in [0.3, 0.4) is 0 Å². The number of rotatable bonds is 10. The van der Waals surface area contributed by atoms with Crippen LogP contribution < -0.4 is 10.2 Å². The summed E-state index contributed by atoms with van der Waals surface area (Å²) in [5, 5.41) is 13.3. The fourth-order valence-electron chi connectivity index (χ4n) is 4.15. The third-order valence-corrected chi connectivity index (χ3v) is 5.89. The van der Waals surface area contributed by atoms with Crippen LogP contribution in [0.5, 0.6) is 0 Å². The molecule has 0 bridgehead atoms. The molecule has 3 rings (SSSR count). The predicted molar refractivity (Wildman–Crippen MR) is 127 cm³/mol. The van der Waals surface area contributed by atoms with E-state index in [9.17, 15) is 9.90 Å². The van der Waals surface area contributed by atoms with Gasteiger partial charge in [0.15, 0.2) is 0 Å². The van der Waals surface area contributed by atoms with Crippen molar-refractivity contribution < 1.29 is 9.90 Å². The number of nitrogens with one attached hydrogen (secondary N) is 1. The van der Waals surface area contributed by atoms with Crippen LogP contribution in [-0.2, 0) is 13.1 Å². The van der Waals surface area contributed by atoms with Gasteiger partial charge in [-0.05, 0) is 51.4 Å². The molecule has 0 atom stereocenters. The van der Waals surface area contributed by atoms with Crippen LogP contribution in [0.1, 0.15) is 44.9 Å². The first kappa shape index (κ1) is 22.6. The number of para-hydroxylation sites is 1. The molecule has 2 aromatic carbocycles. The van der Waals surface area contributed by atoms with Crippen LogP contribution >= 0.6 is 0 Å². The summed E-state index contributed by atoms with van der Waals surface area (Å²) in [6.07, 6.45) is 0.982. The molecular weight excluding hydrogens is 386 g/mol. The van der Waals surface area contributed by atoms with Crippen LogP contribution in [0, 0.1) is 20.8 Å². The first-order valence-electron chi connectivity index (χ1n) is 10.8. The van der Waals surface area contributed by atoms with E-state index < -0.39 is 5.97 Å². The third-order valence-electron chi connectivity index (χ3n) is 5.89. The van der Waals surface area contributed by atoms with Crippen LogP contribution in [-0.4, -0.2) is 35.8 Å². The van der Waals surface area contributed by atoms with E-state index in [4.69, 9.17) is 0 Å². The molecule has 0 aliphatic carbocycles. The summed E-state index contributed by atoms with van der Waals surface area (Å²) in [5.41, 5.74) is 6.74. The number of aromatic nitrogens is 1. The number of hydrogen-bond donors (Lipinski definition) is 2. The van der Waals surface area contributed by atoms with Crippen LogP contribution in [0.4, 0.5) is 5.69 Å². The highest BCUT2D eigenvalue weighted by Gasteiger charge is 2.22. The first-order chi connectivity index (χ1) is 14.9. The number of carbonyl (C=O) groups is 1. The summed E-state index contributed by atoms with van der Waals surface area (Å²) >= 11 is 0. The quantitative estimate of drug-likeness (QED) is 0.465. The largest absolute Gasteiger partial charge is 0.478 e. The zero-order chi connectivity index (χ0) is 22.4. The van der Waals surface area contributed by atoms with Gasteiger partial charge in [0.1, 0.15) is 0 Å². The summed E-state index contributed by atoms with van der Waals surface area (Å²) in [6.45, 7) is 9.02. The molecule has 1 heterocycles. The maximum atomic E-state index is 12.0. The SMILES string of the molecule is Cc1cccc(Cn2c(C)c(CNCCCN(C)c3ccccc3)c(C(=O)O)c2C)c1. The Labute approximate surface area is 185 Å². The topological polar surface area (TPSA) is 57.5 Å². The zero-order valence-corrected chi connectivity index (χ0v) is 19.0. The second kappa shape index (κ2) is 10.3. The Kier molecular flexibility index (Phi) is 7.53. The van der Waals surface area contributed by atoms with Crippen molar-refractivity contribution in [2.45, 2.75) is 40.3 Å². The molecule has 3 aromatic rings. The number of aromatic carboxylic acids is 1. The molecular formula is C26H33N3O2. The van der Waals surface area contributed by atoms with E-state index in [1.54, 1.807) is 0 Å². The molecule has 2 N–H and O–H groups in total. The van der Waals surface area contributed by atoms with Gasteiger partial charge < -0.3 is 19.9 Å². The van der Waals surface area contributed by atoms with Gasteiger partial charge in [-0.25, -0.2) is 4.79 Å². The Balaban J connectivity index is 1.64. The van der Waals surface area contributed by atoms with E-state index in [0.29, 0.717) is 18.7 Å². The molecule has 31 heavy (non-hydrogen) atoms. The average molecular weight is 420 g/mol. The van der Waals surface area contributed by atoms with E-state index in [0.717, 1.165) is 36.5 Å². The molecule has 5 heteroatoms. The fourth-order valence-corrected chi connectivity index (χ4v) is 4.15. The number of benzene rings is 2. The molecule has 0 amide bonds. The predicted octanol–water partition coefficient (Wildman–Crippen LogP) is 4.78. The highest BCUT2D eigenvalue weighted by molar-refractivity contribution is 5.91. The van der Waals surface area contributed by atoms with Gasteiger partial charge in [-0.15, -0.1) is 0 Å². The number of carboxylic acid groups (broad SMARTS) is 1. The van der Waals surface area contributed by atoms with Gasteiger partial charge >= 0.3 is 5.97 Å². The number of aryl methyl sites for hydroxylation is 1. The van der Waals surface area contributed by atoms with Crippen molar-refractivity contribution in [2.24, 2.45) is 0 Å². The first-order valence-corrected chi connectivity index (χ1v) is 10.8. The van der Waals surface area contributed by atoms with E-state index in [-0.39, 0.29) is 0 Å². The lowest BCUT2D eigenvalue weighted by atomic mass is 10.1. The molecule has 0 radical (unpaired) electrons. The Hall–Kier alpha value is -3.05. The Morgan fingerprint density at radius 1 is 1.03 bits per heavy atom. The average Bonchev–Trinajstić information content (AvgIpc) is 2.98. The Bertz CT molecular complexity index is 1020. The van der Waals surface area contributed by atoms with Gasteiger partial charge in [-0.1, -0.05) is 48.0 Å². The van der Waals surface area contributed by atoms with Gasteiger partial charge in [0.25, 0.3) is 0 Å². The summed E-state index contributed by atoms with van der Waals surface area (Å²) < 4.78 is 2.12. The minimum absolute atomic E-state index is 0.430. The molecule has 0 aliphatic heterocycles. The molecule has 0 unspecified atom stereocenters. The van der Waals surface area contributed by atoms with Gasteiger partial charge in [0, 0.05) is 49.3 Å². The molecule has 5 nitrogen and oxygen atoms in total. The summed E-state index contributed by atoms with van der Waals surface area (Å²) in [6, 6.07) is 18.7. The van der Waals surface area contributed by atoms with E-state index in [2.05, 4.69) is 59.1 Å². The molecule has 0 fully saturated rings. The second-order valence-corrected chi connectivity index (χ2v) is 8.19. The highest BCUT2D eigenvalue weighted by atomic mass is 16.4. The Morgan fingerprint density at radius 2 is 1.77 bits per heavy atom. The van der Waals surface area contributed by atoms with Crippen molar-refractivity contribution in [2.75, 3.05) is 25.0 Å². The van der Waals surface area contributed by atoms with Crippen molar-refractivity contribution in [3.8, 4) is 0 Å². The number of carboxylic acids is 1. The van der Waals surface area contributed by atoms with Crippen LogP contribution in [0.2, 0.25) is 0 Å². The second-order valence-electron chi connectivity index (χ2n) is 8.19. The van der Waals surface area contributed by atoms with Crippen molar-refractivity contribution >= 4 is 11.7 Å². The lowest BCUT2D eigenvalue weighted by Gasteiger charge is -2.19. The maximum absolute atomic E-state index is 12.0. The molecule has 1 aromatic heterocycles. The lowest BCUT2D eigenvalue weighted by Crippen LogP contribution is -2.24. The monoisotopic (exact) mass is 419 g/mol. The van der Waals surface area contributed by atoms with Crippen LogP contribution in [0.15, 0.2) is 54.6 Å². The van der Waals surface area contributed by atoms with E-state index >= 15 is 0 Å². The molecule has 164 valence electrons. The maximum Gasteiger partial charge on any atom is 0.337 e. The minimum atomic E-state index is -0.857. The lowest BCUT2D eigenvalue weighted by molar-refractivity contribution is 0.0694. The third kappa shape index (κ3) is 5.56. The number of nitrogens with zero attached hydrogens (tertiary/aromatic N) is 2. The molecule has 0 aliphatic rings. The summed E-state index contributed by atoms with van der Waals surface area (Å²) in [7, 11) is 2.09. The van der Waals surface area contributed by atoms with Gasteiger partial charge in [0.2, 0.25) is 0 Å². The molecule has 0 saturated heterocycles.